The number of carbonyl (C=O) groups is 1. The zero-order chi connectivity index (χ0) is 18.5. The highest BCUT2D eigenvalue weighted by atomic mass is 16.5. The second-order valence-electron chi connectivity index (χ2n) is 6.05. The molecule has 3 aromatic rings. The van der Waals surface area contributed by atoms with Crippen molar-refractivity contribution in [3.8, 4) is 17.0 Å². The Hall–Kier alpha value is -3.28. The van der Waals surface area contributed by atoms with Crippen LogP contribution in [0.2, 0.25) is 0 Å². The van der Waals surface area contributed by atoms with Crippen LogP contribution in [-0.2, 0) is 13.6 Å². The maximum absolute atomic E-state index is 12.1. The lowest BCUT2D eigenvalue weighted by molar-refractivity contribution is 0.251. The molecule has 0 unspecified atom stereocenters. The fourth-order valence-electron chi connectivity index (χ4n) is 2.59. The molecule has 2 amide bonds. The van der Waals surface area contributed by atoms with Gasteiger partial charge in [-0.15, -0.1) is 0 Å². The van der Waals surface area contributed by atoms with Crippen LogP contribution in [0.5, 0.6) is 5.75 Å². The van der Waals surface area contributed by atoms with Crippen LogP contribution in [0, 0.1) is 6.92 Å². The summed E-state index contributed by atoms with van der Waals surface area (Å²) in [6.45, 7) is 2.49. The van der Waals surface area contributed by atoms with Gasteiger partial charge < -0.3 is 14.6 Å². The monoisotopic (exact) mass is 350 g/mol. The lowest BCUT2D eigenvalue weighted by Gasteiger charge is -2.09. The van der Waals surface area contributed by atoms with Gasteiger partial charge in [0.2, 0.25) is 5.95 Å². The van der Waals surface area contributed by atoms with E-state index in [1.807, 2.05) is 67.1 Å². The van der Waals surface area contributed by atoms with Crippen molar-refractivity contribution >= 4 is 12.0 Å². The second kappa shape index (κ2) is 7.74. The normalized spacial score (nSPS) is 10.4. The van der Waals surface area contributed by atoms with Gasteiger partial charge in [-0.2, -0.15) is 0 Å². The number of amides is 2. The van der Waals surface area contributed by atoms with Crippen molar-refractivity contribution < 1.29 is 9.53 Å². The summed E-state index contributed by atoms with van der Waals surface area (Å²) < 4.78 is 7.02. The van der Waals surface area contributed by atoms with Crippen LogP contribution in [0.4, 0.5) is 10.7 Å². The van der Waals surface area contributed by atoms with Crippen molar-refractivity contribution in [2.75, 3.05) is 12.4 Å². The van der Waals surface area contributed by atoms with Gasteiger partial charge in [0.25, 0.3) is 0 Å². The van der Waals surface area contributed by atoms with Crippen molar-refractivity contribution in [3.63, 3.8) is 0 Å². The van der Waals surface area contributed by atoms with Gasteiger partial charge in [0.1, 0.15) is 5.75 Å². The molecule has 2 aromatic carbocycles. The van der Waals surface area contributed by atoms with Crippen LogP contribution in [0.15, 0.2) is 54.7 Å². The molecule has 0 saturated carbocycles. The molecule has 26 heavy (non-hydrogen) atoms. The fraction of sp³-hybridized carbons (Fsp3) is 0.200. The van der Waals surface area contributed by atoms with Crippen LogP contribution in [-0.4, -0.2) is 22.7 Å². The number of ether oxygens (including phenoxy) is 1. The summed E-state index contributed by atoms with van der Waals surface area (Å²) in [6.07, 6.45) is 1.73. The van der Waals surface area contributed by atoms with E-state index in [0.29, 0.717) is 12.5 Å². The molecule has 0 aliphatic carbocycles. The number of benzene rings is 2. The Balaban J connectivity index is 1.63. The van der Waals surface area contributed by atoms with Crippen molar-refractivity contribution in [2.45, 2.75) is 13.5 Å². The molecule has 6 heteroatoms. The molecule has 0 bridgehead atoms. The largest absolute Gasteiger partial charge is 0.497 e. The zero-order valence-electron chi connectivity index (χ0n) is 15.1. The number of carbonyl (C=O) groups excluding carboxylic acids is 1. The summed E-state index contributed by atoms with van der Waals surface area (Å²) >= 11 is 0. The predicted octanol–water partition coefficient (Wildman–Crippen LogP) is 3.73. The summed E-state index contributed by atoms with van der Waals surface area (Å²) in [5.74, 6) is 1.28. The predicted molar refractivity (Wildman–Crippen MR) is 102 cm³/mol. The highest BCUT2D eigenvalue weighted by Crippen LogP contribution is 2.24. The maximum atomic E-state index is 12.1. The Kier molecular flexibility index (Phi) is 5.22. The molecule has 2 N–H and O–H groups in total. The number of hydrogen-bond donors (Lipinski definition) is 2. The molecule has 1 heterocycles. The average molecular weight is 350 g/mol. The number of anilines is 1. The summed E-state index contributed by atoms with van der Waals surface area (Å²) in [5.41, 5.74) is 4.14. The molecule has 134 valence electrons. The number of rotatable bonds is 5. The molecule has 0 radical (unpaired) electrons. The van der Waals surface area contributed by atoms with Crippen molar-refractivity contribution in [2.24, 2.45) is 7.05 Å². The van der Waals surface area contributed by atoms with Crippen molar-refractivity contribution in [1.82, 2.24) is 14.9 Å². The van der Waals surface area contributed by atoms with E-state index in [4.69, 9.17) is 4.74 Å². The Bertz CT molecular complexity index is 883. The van der Waals surface area contributed by atoms with Gasteiger partial charge in [0.05, 0.1) is 19.0 Å². The number of aromatic nitrogens is 2. The molecular weight excluding hydrogens is 328 g/mol. The second-order valence-corrected chi connectivity index (χ2v) is 6.05. The Morgan fingerprint density at radius 2 is 1.81 bits per heavy atom. The van der Waals surface area contributed by atoms with E-state index < -0.39 is 0 Å². The summed E-state index contributed by atoms with van der Waals surface area (Å²) in [5, 5.41) is 5.62. The number of imidazole rings is 1. The minimum Gasteiger partial charge on any atom is -0.497 e. The van der Waals surface area contributed by atoms with Gasteiger partial charge in [-0.1, -0.05) is 29.8 Å². The smallest absolute Gasteiger partial charge is 0.321 e. The first-order chi connectivity index (χ1) is 12.6. The summed E-state index contributed by atoms with van der Waals surface area (Å²) in [7, 11) is 3.50. The number of nitrogens with one attached hydrogen (secondary N) is 2. The SMILES string of the molecule is COc1ccc(-c2cnc(NC(=O)NCc3ccc(C)cc3)n2C)cc1. The molecule has 0 aliphatic rings. The molecule has 6 nitrogen and oxygen atoms in total. The summed E-state index contributed by atoms with van der Waals surface area (Å²) in [6, 6.07) is 15.4. The van der Waals surface area contributed by atoms with Crippen LogP contribution >= 0.6 is 0 Å². The maximum Gasteiger partial charge on any atom is 0.321 e. The first kappa shape index (κ1) is 17.5. The highest BCUT2D eigenvalue weighted by molar-refractivity contribution is 5.87. The van der Waals surface area contributed by atoms with Gasteiger partial charge in [-0.3, -0.25) is 5.32 Å². The third-order valence-electron chi connectivity index (χ3n) is 4.17. The molecule has 0 spiro atoms. The topological polar surface area (TPSA) is 68.2 Å². The summed E-state index contributed by atoms with van der Waals surface area (Å²) in [4.78, 5) is 16.4. The van der Waals surface area contributed by atoms with E-state index in [0.717, 1.165) is 22.6 Å². The molecule has 0 saturated heterocycles. The lowest BCUT2D eigenvalue weighted by Crippen LogP contribution is -2.29. The molecule has 3 rings (SSSR count). The minimum atomic E-state index is -0.291. The first-order valence-electron chi connectivity index (χ1n) is 8.33. The van der Waals surface area contributed by atoms with E-state index in [2.05, 4.69) is 15.6 Å². The minimum absolute atomic E-state index is 0.291. The van der Waals surface area contributed by atoms with Crippen LogP contribution in [0.3, 0.4) is 0 Å². The van der Waals surface area contributed by atoms with Crippen molar-refractivity contribution in [3.05, 3.63) is 65.9 Å². The Morgan fingerprint density at radius 3 is 2.46 bits per heavy atom. The van der Waals surface area contributed by atoms with Crippen LogP contribution < -0.4 is 15.4 Å². The Labute approximate surface area is 152 Å². The number of urea groups is 1. The molecular formula is C20H22N4O2. The third kappa shape index (κ3) is 4.03. The molecule has 0 atom stereocenters. The van der Waals surface area contributed by atoms with Crippen LogP contribution in [0.1, 0.15) is 11.1 Å². The number of aryl methyl sites for hydroxylation is 1. The van der Waals surface area contributed by atoms with Gasteiger partial charge in [-0.05, 0) is 36.8 Å². The highest BCUT2D eigenvalue weighted by Gasteiger charge is 2.11. The van der Waals surface area contributed by atoms with E-state index in [9.17, 15) is 4.79 Å². The fourth-order valence-corrected chi connectivity index (χ4v) is 2.59. The Morgan fingerprint density at radius 1 is 1.12 bits per heavy atom. The van der Waals surface area contributed by atoms with E-state index in [1.54, 1.807) is 13.3 Å². The third-order valence-corrected chi connectivity index (χ3v) is 4.17. The quantitative estimate of drug-likeness (QED) is 0.737. The zero-order valence-corrected chi connectivity index (χ0v) is 15.1. The van der Waals surface area contributed by atoms with E-state index in [-0.39, 0.29) is 6.03 Å². The first-order valence-corrected chi connectivity index (χ1v) is 8.33. The van der Waals surface area contributed by atoms with Gasteiger partial charge in [0, 0.05) is 19.2 Å². The van der Waals surface area contributed by atoms with E-state index in [1.165, 1.54) is 5.56 Å². The molecule has 1 aromatic heterocycles. The lowest BCUT2D eigenvalue weighted by atomic mass is 10.1. The molecule has 0 aliphatic heterocycles. The van der Waals surface area contributed by atoms with Crippen molar-refractivity contribution in [1.29, 1.82) is 0 Å². The average Bonchev–Trinajstić information content (AvgIpc) is 3.02. The standard InChI is InChI=1S/C20H22N4O2/c1-14-4-6-15(7-5-14)12-22-20(25)23-19-21-13-18(24(19)2)16-8-10-17(26-3)11-9-16/h4-11,13H,12H2,1-3H3,(H2,21,22,23,25). The number of methoxy groups -OCH3 is 1. The van der Waals surface area contributed by atoms with Crippen LogP contribution in [0.25, 0.3) is 11.3 Å². The number of nitrogens with zero attached hydrogens (tertiary/aromatic N) is 2. The van der Waals surface area contributed by atoms with Gasteiger partial charge in [0.15, 0.2) is 0 Å². The van der Waals surface area contributed by atoms with Gasteiger partial charge in [-0.25, -0.2) is 9.78 Å². The number of hydrogen-bond acceptors (Lipinski definition) is 3. The molecule has 0 fully saturated rings. The van der Waals surface area contributed by atoms with Gasteiger partial charge >= 0.3 is 6.03 Å². The van der Waals surface area contributed by atoms with E-state index >= 15 is 0 Å².